The number of nitrogens with zero attached hydrogens (tertiary/aromatic N) is 10. The molecular weight excluding hydrogens is 392 g/mol. The van der Waals surface area contributed by atoms with Gasteiger partial charge in [0.05, 0.1) is 0 Å². The fourth-order valence-electron chi connectivity index (χ4n) is 2.43. The highest BCUT2D eigenvalue weighted by molar-refractivity contribution is 5.95. The Bertz CT molecular complexity index is 983. The van der Waals surface area contributed by atoms with Crippen molar-refractivity contribution in [2.75, 3.05) is 36.8 Å². The van der Waals surface area contributed by atoms with Gasteiger partial charge in [-0.05, 0) is 9.97 Å². The van der Waals surface area contributed by atoms with Gasteiger partial charge >= 0.3 is 5.95 Å². The molecule has 0 aliphatic carbocycles. The fraction of sp³-hybridized carbons (Fsp3) is 0. The monoisotopic (exact) mass is 401 g/mol. The summed E-state index contributed by atoms with van der Waals surface area (Å²) in [7, 11) is 0. The van der Waals surface area contributed by atoms with Crippen LogP contribution in [0.25, 0.3) is 0 Å². The molecule has 2 aromatic rings. The molecule has 4 heterocycles. The Balaban J connectivity index is 1.86. The van der Waals surface area contributed by atoms with Gasteiger partial charge in [-0.2, -0.15) is 15.1 Å². The van der Waals surface area contributed by atoms with Crippen LogP contribution in [0.2, 0.25) is 0 Å². The topological polar surface area (TPSA) is 254 Å². The van der Waals surface area contributed by atoms with Crippen molar-refractivity contribution in [1.82, 2.24) is 19.9 Å². The number of rotatable bonds is 4. The van der Waals surface area contributed by atoms with E-state index in [0.717, 1.165) is 10.2 Å². The van der Waals surface area contributed by atoms with E-state index in [4.69, 9.17) is 15.6 Å². The molecule has 0 aromatic carbocycles. The lowest BCUT2D eigenvalue weighted by atomic mass is 10.4. The highest BCUT2D eigenvalue weighted by Crippen LogP contribution is 2.48. The molecule has 2 aliphatic heterocycles. The predicted octanol–water partition coefficient (Wildman–Crippen LogP) is -1.27. The Morgan fingerprint density at radius 1 is 0.750 bits per heavy atom. The number of hydrazine groups is 3. The van der Waals surface area contributed by atoms with Gasteiger partial charge in [0.1, 0.15) is 0 Å². The zero-order valence-corrected chi connectivity index (χ0v) is 13.0. The van der Waals surface area contributed by atoms with Crippen LogP contribution in [0.4, 0.5) is 46.5 Å². The Kier molecular flexibility index (Phi) is 3.54. The van der Waals surface area contributed by atoms with Crippen molar-refractivity contribution in [1.29, 1.82) is 0 Å². The van der Waals surface area contributed by atoms with E-state index in [2.05, 4.69) is 30.8 Å². The molecule has 0 radical (unpaired) electrons. The normalized spacial score (nSPS) is 13.4. The number of fused-ring (bicyclic) bond motifs is 5. The van der Waals surface area contributed by atoms with E-state index < -0.39 is 44.1 Å². The molecule has 0 bridgehead atoms. The molecule has 28 heavy (non-hydrogen) atoms. The highest BCUT2D eigenvalue weighted by Gasteiger charge is 2.47. The number of hydrogen-bond donors (Lipinski definition) is 9. The number of hydrogen-bond acceptors (Lipinski definition) is 18. The van der Waals surface area contributed by atoms with Crippen LogP contribution in [0.15, 0.2) is 0 Å². The Morgan fingerprint density at radius 3 is 1.71 bits per heavy atom. The second-order valence-electron chi connectivity index (χ2n) is 5.08. The largest absolute Gasteiger partial charge is 0.514 e. The standard InChI is InChI=1S/C8H9N12O8/c21-17(22)5-1-3(9-7(11-5)19(25)26)15-14-2-4(16(15)13-1)10-8(20(27)28)12-6(2)18(23)24/h13-14,21-26H,(H,27,28)/q+1. The third-order valence-corrected chi connectivity index (χ3v) is 3.48. The quantitative estimate of drug-likeness (QED) is 0.270. The SMILES string of the molecule is O=[N+](O)c1nc(N(O)O)c2c(n1)N1Nc3c(N(O)O)nc(N(O)O)nc3N1N2. The molecule has 0 saturated heterocycles. The summed E-state index contributed by atoms with van der Waals surface area (Å²) >= 11 is 0. The minimum atomic E-state index is -0.877. The summed E-state index contributed by atoms with van der Waals surface area (Å²) in [6, 6.07) is 0. The Morgan fingerprint density at radius 2 is 1.25 bits per heavy atom. The molecule has 0 atom stereocenters. The maximum atomic E-state index is 11.1. The molecule has 0 fully saturated rings. The molecule has 148 valence electrons. The van der Waals surface area contributed by atoms with Crippen molar-refractivity contribution in [3.63, 3.8) is 0 Å². The first kappa shape index (κ1) is 17.3. The average molecular weight is 401 g/mol. The van der Waals surface area contributed by atoms with E-state index in [-0.39, 0.29) is 23.0 Å². The van der Waals surface area contributed by atoms with Gasteiger partial charge in [-0.3, -0.25) is 42.1 Å². The molecule has 9 N–H and O–H groups in total. The van der Waals surface area contributed by atoms with Gasteiger partial charge in [-0.25, -0.2) is 0 Å². The minimum absolute atomic E-state index is 0.178. The third kappa shape index (κ3) is 2.35. The summed E-state index contributed by atoms with van der Waals surface area (Å²) in [5.41, 5.74) is 4.74. The van der Waals surface area contributed by atoms with Crippen molar-refractivity contribution in [2.24, 2.45) is 0 Å². The summed E-state index contributed by atoms with van der Waals surface area (Å²) < 4.78 is 0. The smallest absolute Gasteiger partial charge is 0.337 e. The zero-order chi connectivity index (χ0) is 20.3. The predicted molar refractivity (Wildman–Crippen MR) is 79.5 cm³/mol. The van der Waals surface area contributed by atoms with Gasteiger partial charge in [0.2, 0.25) is 11.6 Å². The molecule has 0 saturated carbocycles. The van der Waals surface area contributed by atoms with E-state index in [1.807, 2.05) is 0 Å². The fourth-order valence-corrected chi connectivity index (χ4v) is 2.43. The van der Waals surface area contributed by atoms with E-state index in [1.54, 1.807) is 0 Å². The summed E-state index contributed by atoms with van der Waals surface area (Å²) in [6.07, 6.45) is 0. The molecule has 0 spiro atoms. The summed E-state index contributed by atoms with van der Waals surface area (Å²) in [5.74, 6) is -3.41. The van der Waals surface area contributed by atoms with Crippen molar-refractivity contribution >= 4 is 46.5 Å². The first-order valence-electron chi connectivity index (χ1n) is 6.86. The molecule has 20 nitrogen and oxygen atoms in total. The first-order valence-corrected chi connectivity index (χ1v) is 6.86. The number of nitrogens with one attached hydrogen (secondary N) is 2. The molecular formula is C8H9N12O8+. The minimum Gasteiger partial charge on any atom is -0.337 e. The lowest BCUT2D eigenvalue weighted by molar-refractivity contribution is -0.734. The summed E-state index contributed by atoms with van der Waals surface area (Å²) in [6.45, 7) is 0. The second-order valence-corrected chi connectivity index (χ2v) is 5.08. The van der Waals surface area contributed by atoms with E-state index in [0.29, 0.717) is 0 Å². The van der Waals surface area contributed by atoms with Crippen LogP contribution >= 0.6 is 0 Å². The van der Waals surface area contributed by atoms with Crippen molar-refractivity contribution in [2.45, 2.75) is 0 Å². The number of aromatic nitrogens is 4. The van der Waals surface area contributed by atoms with Crippen LogP contribution in [0.5, 0.6) is 0 Å². The van der Waals surface area contributed by atoms with Crippen LogP contribution in [-0.4, -0.2) is 61.3 Å². The Labute approximate surface area is 150 Å². The maximum absolute atomic E-state index is 11.1. The van der Waals surface area contributed by atoms with Gasteiger partial charge in [0, 0.05) is 0 Å². The molecule has 2 aliphatic rings. The van der Waals surface area contributed by atoms with E-state index in [9.17, 15) is 25.7 Å². The van der Waals surface area contributed by atoms with Crippen LogP contribution < -0.4 is 36.8 Å². The van der Waals surface area contributed by atoms with Crippen molar-refractivity contribution in [3.05, 3.63) is 4.91 Å². The van der Waals surface area contributed by atoms with Crippen LogP contribution in [0, 0.1) is 4.91 Å². The van der Waals surface area contributed by atoms with Crippen molar-refractivity contribution in [3.8, 4) is 0 Å². The average Bonchev–Trinajstić information content (AvgIpc) is 3.15. The highest BCUT2D eigenvalue weighted by atomic mass is 16.8. The van der Waals surface area contributed by atoms with Gasteiger partial charge in [0.25, 0.3) is 17.6 Å². The van der Waals surface area contributed by atoms with Gasteiger partial charge in [-0.1, -0.05) is 15.4 Å². The first-order chi connectivity index (χ1) is 13.2. The Hall–Kier alpha value is -4.08. The van der Waals surface area contributed by atoms with Gasteiger partial charge in [0.15, 0.2) is 16.3 Å². The molecule has 2 aromatic heterocycles. The van der Waals surface area contributed by atoms with Crippen LogP contribution in [0.1, 0.15) is 0 Å². The third-order valence-electron chi connectivity index (χ3n) is 3.48. The van der Waals surface area contributed by atoms with Gasteiger partial charge < -0.3 is 5.21 Å². The van der Waals surface area contributed by atoms with E-state index >= 15 is 0 Å². The molecule has 4 rings (SSSR count). The van der Waals surface area contributed by atoms with Crippen LogP contribution in [0.3, 0.4) is 0 Å². The second kappa shape index (κ2) is 5.71. The van der Waals surface area contributed by atoms with Gasteiger partial charge in [-0.15, -0.1) is 10.3 Å². The summed E-state index contributed by atoms with van der Waals surface area (Å²) in [4.78, 5) is 24.8. The molecule has 0 amide bonds. The van der Waals surface area contributed by atoms with Crippen LogP contribution in [-0.2, 0) is 0 Å². The molecule has 20 heteroatoms. The molecule has 0 unspecified atom stereocenters. The number of anilines is 7. The summed E-state index contributed by atoms with van der Waals surface area (Å²) in [5, 5.41) is 65.2. The maximum Gasteiger partial charge on any atom is 0.514 e. The zero-order valence-electron chi connectivity index (χ0n) is 13.0. The van der Waals surface area contributed by atoms with Crippen molar-refractivity contribution < 1.29 is 41.4 Å². The lowest BCUT2D eigenvalue weighted by Gasteiger charge is -2.18. The lowest BCUT2D eigenvalue weighted by Crippen LogP contribution is -2.40. The van der Waals surface area contributed by atoms with E-state index in [1.165, 1.54) is 0 Å².